The summed E-state index contributed by atoms with van der Waals surface area (Å²) in [5, 5.41) is 3.97. The van der Waals surface area contributed by atoms with Gasteiger partial charge in [-0.1, -0.05) is 0 Å². The van der Waals surface area contributed by atoms with Gasteiger partial charge in [-0.05, 0) is 11.8 Å². The molecule has 0 amide bonds. The Balaban J connectivity index is -0.00000000500. The summed E-state index contributed by atoms with van der Waals surface area (Å²) in [6.45, 7) is 0. The van der Waals surface area contributed by atoms with Gasteiger partial charge in [0, 0.05) is 21.1 Å². The molecule has 4 heavy (non-hydrogen) atoms. The van der Waals surface area contributed by atoms with Crippen LogP contribution in [0.25, 0.3) is 0 Å². The van der Waals surface area contributed by atoms with E-state index in [9.17, 15) is 0 Å². The summed E-state index contributed by atoms with van der Waals surface area (Å²) in [4.78, 5) is 0. The third kappa shape index (κ3) is 12.9. The number of hydrogen-bond acceptors (Lipinski definition) is 1. The Hall–Kier alpha value is 0.898. The molecule has 4 N–H and O–H groups in total. The first-order valence-corrected chi connectivity index (χ1v) is 0.655. The van der Waals surface area contributed by atoms with Gasteiger partial charge in [0.25, 0.3) is 0 Å². The van der Waals surface area contributed by atoms with E-state index in [2.05, 4.69) is 17.0 Å². The van der Waals surface area contributed by atoms with Crippen LogP contribution in [0.4, 0.5) is 0 Å². The molecular formula is H4ClNOPt. The van der Waals surface area contributed by atoms with Crippen molar-refractivity contribution in [3.05, 3.63) is 0 Å². The van der Waals surface area contributed by atoms with Crippen molar-refractivity contribution in [1.82, 2.24) is 0 Å². The zero-order valence-corrected chi connectivity index (χ0v) is 4.80. The molecule has 0 aliphatic rings. The third-order valence-electron chi connectivity index (χ3n) is 0. The molecule has 0 atom stereocenters. The van der Waals surface area contributed by atoms with Gasteiger partial charge in [-0.3, -0.25) is 0 Å². The van der Waals surface area contributed by atoms with Gasteiger partial charge in [-0.25, -0.2) is 5.25 Å². The fourth-order valence-electron chi connectivity index (χ4n) is 0. The van der Waals surface area contributed by atoms with Crippen molar-refractivity contribution in [2.75, 3.05) is 0 Å². The Labute approximate surface area is 44.0 Å². The van der Waals surface area contributed by atoms with E-state index in [0.29, 0.717) is 0 Å². The number of nitrogens with two attached hydrogens (primary N) is 1. The van der Waals surface area contributed by atoms with Crippen molar-refractivity contribution in [3.63, 3.8) is 0 Å². The van der Waals surface area contributed by atoms with E-state index in [1.165, 1.54) is 0 Å². The summed E-state index contributed by atoms with van der Waals surface area (Å²) in [5.74, 6) is 0. The van der Waals surface area contributed by atoms with Crippen LogP contribution in [-0.2, 0) is 21.1 Å². The molecule has 0 fully saturated rings. The van der Waals surface area contributed by atoms with Crippen LogP contribution >= 0.6 is 11.8 Å². The van der Waals surface area contributed by atoms with Crippen LogP contribution in [0.3, 0.4) is 0 Å². The van der Waals surface area contributed by atoms with Gasteiger partial charge in [0.05, 0.1) is 0 Å². The topological polar surface area (TPSA) is 57.5 Å². The van der Waals surface area contributed by atoms with Crippen molar-refractivity contribution in [2.24, 2.45) is 5.25 Å². The average molecular weight is 265 g/mol. The van der Waals surface area contributed by atoms with Crippen LogP contribution in [0.1, 0.15) is 0 Å². The van der Waals surface area contributed by atoms with Crippen molar-refractivity contribution in [3.8, 4) is 0 Å². The number of rotatable bonds is 0. The Morgan fingerprint density at radius 1 is 1.25 bits per heavy atom. The summed E-state index contributed by atoms with van der Waals surface area (Å²) < 4.78 is 0. The van der Waals surface area contributed by atoms with E-state index in [-0.39, 0.29) is 26.5 Å². The number of hydrogen-bond donors (Lipinski definition) is 1. The molecule has 0 spiro atoms. The van der Waals surface area contributed by atoms with E-state index >= 15 is 0 Å². The fourth-order valence-corrected chi connectivity index (χ4v) is 0. The molecule has 0 radical (unpaired) electrons. The first kappa shape index (κ1) is 20.7. The summed E-state index contributed by atoms with van der Waals surface area (Å²) in [7, 11) is 0. The zero-order valence-electron chi connectivity index (χ0n) is 1.77. The van der Waals surface area contributed by atoms with Crippen LogP contribution in [0, 0.1) is 0 Å². The van der Waals surface area contributed by atoms with E-state index in [1.54, 1.807) is 0 Å². The van der Waals surface area contributed by atoms with Gasteiger partial charge >= 0.3 is 0 Å². The monoisotopic (exact) mass is 264 g/mol. The maximum absolute atomic E-state index is 4.14. The van der Waals surface area contributed by atoms with Gasteiger partial charge < -0.3 is 5.48 Å². The van der Waals surface area contributed by atoms with Gasteiger partial charge in [0.15, 0.2) is 0 Å². The molecule has 0 aliphatic carbocycles. The quantitative estimate of drug-likeness (QED) is 0.576. The Morgan fingerprint density at radius 3 is 1.25 bits per heavy atom. The summed E-state index contributed by atoms with van der Waals surface area (Å²) in [6, 6.07) is 0. The molecule has 0 unspecified atom stereocenters. The van der Waals surface area contributed by atoms with E-state index in [0.717, 1.165) is 0 Å². The maximum atomic E-state index is 4.14. The van der Waals surface area contributed by atoms with Crippen molar-refractivity contribution >= 4 is 11.8 Å². The first-order valence-electron chi connectivity index (χ1n) is 0.218. The maximum Gasteiger partial charge on any atom is 0 e. The van der Waals surface area contributed by atoms with Crippen LogP contribution < -0.4 is 5.25 Å². The van der Waals surface area contributed by atoms with E-state index in [4.69, 9.17) is 0 Å². The molecule has 0 saturated carbocycles. The Morgan fingerprint density at radius 2 is 1.25 bits per heavy atom. The SMILES string of the molecule is NCl.O.[Pt]. The molecule has 2 nitrogen and oxygen atoms in total. The van der Waals surface area contributed by atoms with Crippen LogP contribution in [0.5, 0.6) is 0 Å². The van der Waals surface area contributed by atoms with Gasteiger partial charge in [0.2, 0.25) is 0 Å². The minimum atomic E-state index is 0. The number of halogens is 1. The standard InChI is InChI=1S/ClH2N.H2O.Pt/c1-2;;/h2H2;1H2;. The largest absolute Gasteiger partial charge is 0.412 e. The molecule has 0 aromatic carbocycles. The normalized spacial score (nSPS) is 1.50. The zero-order chi connectivity index (χ0) is 2.00. The van der Waals surface area contributed by atoms with E-state index in [1.807, 2.05) is 0 Å². The molecule has 0 aliphatic heterocycles. The molecular weight excluding hydrogens is 261 g/mol. The molecule has 4 heteroatoms. The molecule has 32 valence electrons. The van der Waals surface area contributed by atoms with Crippen LogP contribution in [0.15, 0.2) is 0 Å². The van der Waals surface area contributed by atoms with Crippen LogP contribution in [0.2, 0.25) is 0 Å². The van der Waals surface area contributed by atoms with Crippen molar-refractivity contribution in [1.29, 1.82) is 0 Å². The first-order chi connectivity index (χ1) is 1.00. The second-order valence-corrected chi connectivity index (χ2v) is 0. The van der Waals surface area contributed by atoms with Crippen molar-refractivity contribution < 1.29 is 26.5 Å². The smallest absolute Gasteiger partial charge is 0 e. The van der Waals surface area contributed by atoms with Gasteiger partial charge in [-0.15, -0.1) is 0 Å². The van der Waals surface area contributed by atoms with E-state index < -0.39 is 0 Å². The molecule has 0 saturated heterocycles. The third-order valence-corrected chi connectivity index (χ3v) is 0. The van der Waals surface area contributed by atoms with Crippen molar-refractivity contribution in [2.45, 2.75) is 0 Å². The minimum Gasteiger partial charge on any atom is -0.412 e. The predicted octanol–water partition coefficient (Wildman–Crippen LogP) is -0.728. The minimum absolute atomic E-state index is 0. The Bertz CT molecular complexity index is 8.00. The summed E-state index contributed by atoms with van der Waals surface area (Å²) >= 11 is 4.14. The molecule has 0 heterocycles. The molecule has 0 rings (SSSR count). The Kier molecular flexibility index (Phi) is 210. The van der Waals surface area contributed by atoms with Crippen LogP contribution in [-0.4, -0.2) is 5.48 Å². The molecule has 0 aromatic heterocycles. The summed E-state index contributed by atoms with van der Waals surface area (Å²) in [6.07, 6.45) is 0. The summed E-state index contributed by atoms with van der Waals surface area (Å²) in [5.41, 5.74) is 0. The average Bonchev–Trinajstić information content (AvgIpc) is 1.00. The molecule has 0 bridgehead atoms. The molecule has 0 aromatic rings. The van der Waals surface area contributed by atoms with Gasteiger partial charge in [-0.2, -0.15) is 0 Å². The fraction of sp³-hybridized carbons (Fsp3) is 0. The second-order valence-electron chi connectivity index (χ2n) is 0. The van der Waals surface area contributed by atoms with Gasteiger partial charge in [0.1, 0.15) is 0 Å². The second kappa shape index (κ2) is 40.6. The predicted molar refractivity (Wildman–Crippen MR) is 13.7 cm³/mol.